The van der Waals surface area contributed by atoms with Gasteiger partial charge in [-0.3, -0.25) is 0 Å². The van der Waals surface area contributed by atoms with E-state index in [0.717, 1.165) is 6.42 Å². The first-order valence-corrected chi connectivity index (χ1v) is 9.14. The minimum atomic E-state index is 0.259. The van der Waals surface area contributed by atoms with Crippen molar-refractivity contribution < 1.29 is 0 Å². The van der Waals surface area contributed by atoms with Gasteiger partial charge in [-0.2, -0.15) is 0 Å². The van der Waals surface area contributed by atoms with Crippen molar-refractivity contribution in [3.05, 3.63) is 76.2 Å². The van der Waals surface area contributed by atoms with Crippen LogP contribution in [0.4, 0.5) is 0 Å². The molecule has 0 radical (unpaired) electrons. The van der Waals surface area contributed by atoms with Gasteiger partial charge in [0.05, 0.1) is 0 Å². The van der Waals surface area contributed by atoms with E-state index in [0.29, 0.717) is 14.5 Å². The number of benzene rings is 2. The Hall–Kier alpha value is -1.43. The van der Waals surface area contributed by atoms with E-state index in [-0.39, 0.29) is 5.41 Å². The van der Waals surface area contributed by atoms with E-state index in [1.54, 1.807) is 4.44 Å². The molecule has 0 fully saturated rings. The average Bonchev–Trinajstić information content (AvgIpc) is 2.47. The normalized spacial score (nSPS) is 11.8. The first kappa shape index (κ1) is 14.5. The molecule has 0 unspecified atom stereocenters. The first-order chi connectivity index (χ1) is 10.0. The second kappa shape index (κ2) is 5.75. The van der Waals surface area contributed by atoms with Gasteiger partial charge >= 0.3 is 133 Å². The predicted molar refractivity (Wildman–Crippen MR) is 93.2 cm³/mol. The van der Waals surface area contributed by atoms with Gasteiger partial charge in [0, 0.05) is 0 Å². The molecule has 0 saturated heterocycles. The van der Waals surface area contributed by atoms with Gasteiger partial charge in [-0.05, 0) is 0 Å². The third-order valence-electron chi connectivity index (χ3n) is 3.73. The van der Waals surface area contributed by atoms with Crippen molar-refractivity contribution in [1.29, 1.82) is 0 Å². The van der Waals surface area contributed by atoms with Gasteiger partial charge in [0.2, 0.25) is 0 Å². The number of fused-ring (bicyclic) bond motifs is 1. The molecule has 1 heteroatoms. The second-order valence-electron chi connectivity index (χ2n) is 6.54. The molecule has 2 aromatic carbocycles. The van der Waals surface area contributed by atoms with Crippen LogP contribution >= 0.6 is 0 Å². The van der Waals surface area contributed by atoms with E-state index in [1.807, 2.05) is 0 Å². The molecule has 0 amide bonds. The quantitative estimate of drug-likeness (QED) is 0.572. The van der Waals surface area contributed by atoms with Gasteiger partial charge in [-0.25, -0.2) is 0 Å². The fourth-order valence-corrected chi connectivity index (χ4v) is 5.05. The van der Waals surface area contributed by atoms with Gasteiger partial charge in [0.15, 0.2) is 0 Å². The van der Waals surface area contributed by atoms with Crippen molar-refractivity contribution in [1.82, 2.24) is 0 Å². The molecule has 0 aliphatic carbocycles. The van der Waals surface area contributed by atoms with Crippen molar-refractivity contribution in [2.24, 2.45) is 0 Å². The van der Waals surface area contributed by atoms with Gasteiger partial charge in [-0.1, -0.05) is 0 Å². The summed E-state index contributed by atoms with van der Waals surface area (Å²) in [7, 11) is 0. The van der Waals surface area contributed by atoms with Crippen molar-refractivity contribution in [2.45, 2.75) is 32.6 Å². The summed E-state index contributed by atoms with van der Waals surface area (Å²) in [5, 5.41) is 1.45. The van der Waals surface area contributed by atoms with Crippen LogP contribution in [0.5, 0.6) is 0 Å². The van der Waals surface area contributed by atoms with Crippen LogP contribution in [-0.2, 0) is 11.8 Å². The monoisotopic (exact) mass is 341 g/mol. The van der Waals surface area contributed by atoms with Crippen LogP contribution in [0.1, 0.15) is 36.3 Å². The molecule has 0 atom stereocenters. The third-order valence-corrected chi connectivity index (χ3v) is 6.94. The Morgan fingerprint density at radius 3 is 2.24 bits per heavy atom. The van der Waals surface area contributed by atoms with E-state index in [1.165, 1.54) is 20.8 Å². The molecule has 21 heavy (non-hydrogen) atoms. The number of rotatable bonds is 2. The number of hydrogen-bond donors (Lipinski definition) is 0. The molecule has 0 bridgehead atoms. The topological polar surface area (TPSA) is 0 Å². The molecule has 0 spiro atoms. The molecule has 0 saturated carbocycles. The van der Waals surface area contributed by atoms with E-state index in [9.17, 15) is 0 Å². The summed E-state index contributed by atoms with van der Waals surface area (Å²) < 4.78 is 3.13. The molecule has 0 nitrogen and oxygen atoms in total. The Labute approximate surface area is 133 Å². The molecule has 0 aliphatic heterocycles. The van der Waals surface area contributed by atoms with Crippen LogP contribution in [0.25, 0.3) is 9.65 Å². The third kappa shape index (κ3) is 3.26. The fraction of sp³-hybridized carbons (Fsp3) is 0.250. The average molecular weight is 340 g/mol. The van der Waals surface area contributed by atoms with E-state index in [4.69, 9.17) is 0 Å². The predicted octanol–water partition coefficient (Wildman–Crippen LogP) is 5.07. The van der Waals surface area contributed by atoms with Crippen molar-refractivity contribution in [2.75, 3.05) is 0 Å². The van der Waals surface area contributed by atoms with Crippen LogP contribution in [0, 0.1) is 0 Å². The van der Waals surface area contributed by atoms with Gasteiger partial charge in [-0.15, -0.1) is 0 Å². The molecule has 0 aliphatic rings. The summed E-state index contributed by atoms with van der Waals surface area (Å²) in [5.74, 6) is 0. The standard InChI is InChI=1S/C20H21Se/c1-20(2,3)19-14-16(13-15-9-5-4-6-10-15)17-11-7-8-12-18(17)21-19/h4-12,14H,13H2,1-3H3/q+1. The van der Waals surface area contributed by atoms with Crippen LogP contribution in [0.2, 0.25) is 0 Å². The summed E-state index contributed by atoms with van der Waals surface area (Å²) in [6, 6.07) is 22.2. The molecule has 106 valence electrons. The first-order valence-electron chi connectivity index (χ1n) is 7.43. The summed E-state index contributed by atoms with van der Waals surface area (Å²) in [6.45, 7) is 6.98. The van der Waals surface area contributed by atoms with Gasteiger partial charge < -0.3 is 0 Å². The van der Waals surface area contributed by atoms with Crippen LogP contribution in [0.15, 0.2) is 60.7 Å². The Morgan fingerprint density at radius 1 is 0.857 bits per heavy atom. The SMILES string of the molecule is CC(C)(C)c1cc(Cc2ccccc2)c2ccccc2[se+]1. The Balaban J connectivity index is 2.15. The second-order valence-corrected chi connectivity index (χ2v) is 8.82. The zero-order valence-electron chi connectivity index (χ0n) is 12.9. The fourth-order valence-electron chi connectivity index (χ4n) is 2.54. The number of hydrogen-bond acceptors (Lipinski definition) is 0. The molecule has 1 aromatic heterocycles. The summed E-state index contributed by atoms with van der Waals surface area (Å²) in [5.41, 5.74) is 3.12. The molecule has 3 rings (SSSR count). The van der Waals surface area contributed by atoms with Crippen molar-refractivity contribution in [3.8, 4) is 0 Å². The Morgan fingerprint density at radius 2 is 1.52 bits per heavy atom. The van der Waals surface area contributed by atoms with Gasteiger partial charge in [0.25, 0.3) is 0 Å². The zero-order valence-corrected chi connectivity index (χ0v) is 14.6. The van der Waals surface area contributed by atoms with Gasteiger partial charge in [0.1, 0.15) is 0 Å². The molecule has 1 heterocycles. The summed E-state index contributed by atoms with van der Waals surface area (Å²) in [6.07, 6.45) is 1.02. The van der Waals surface area contributed by atoms with Crippen molar-refractivity contribution in [3.63, 3.8) is 0 Å². The molecular weight excluding hydrogens is 319 g/mol. The summed E-state index contributed by atoms with van der Waals surface area (Å²) >= 11 is 0.453. The maximum atomic E-state index is 2.47. The zero-order chi connectivity index (χ0) is 14.9. The summed E-state index contributed by atoms with van der Waals surface area (Å²) in [4.78, 5) is 0. The van der Waals surface area contributed by atoms with E-state index >= 15 is 0 Å². The minimum absolute atomic E-state index is 0.259. The van der Waals surface area contributed by atoms with Crippen LogP contribution in [0.3, 0.4) is 0 Å². The van der Waals surface area contributed by atoms with Crippen LogP contribution in [-0.4, -0.2) is 14.5 Å². The van der Waals surface area contributed by atoms with Crippen LogP contribution < -0.4 is 0 Å². The molecule has 3 aromatic rings. The van der Waals surface area contributed by atoms with E-state index < -0.39 is 0 Å². The van der Waals surface area contributed by atoms with Crippen molar-refractivity contribution >= 4 is 24.1 Å². The Kier molecular flexibility index (Phi) is 3.97. The van der Waals surface area contributed by atoms with E-state index in [2.05, 4.69) is 81.4 Å². The molecule has 0 N–H and O–H groups in total. The Bertz CT molecular complexity index is 752. The molecular formula is C20H21Se+. The maximum absolute atomic E-state index is 2.47.